The van der Waals surface area contributed by atoms with Crippen LogP contribution in [0, 0.1) is 0 Å². The first kappa shape index (κ1) is 24.3. The zero-order valence-electron chi connectivity index (χ0n) is 16.8. The molecule has 156 valence electrons. The molecule has 31 heavy (non-hydrogen) atoms. The van der Waals surface area contributed by atoms with Crippen molar-refractivity contribution >= 4 is 33.7 Å². The summed E-state index contributed by atoms with van der Waals surface area (Å²) in [5.41, 5.74) is 14.6. The number of hydrogen-bond donors (Lipinski definition) is 4. The molecule has 0 aliphatic rings. The fourth-order valence-electron chi connectivity index (χ4n) is 3.24. The van der Waals surface area contributed by atoms with Crippen molar-refractivity contribution < 1.29 is 39.3 Å². The minimum atomic E-state index is -1.22. The predicted molar refractivity (Wildman–Crippen MR) is 110 cm³/mol. The van der Waals surface area contributed by atoms with Crippen molar-refractivity contribution in [3.05, 3.63) is 72.1 Å². The summed E-state index contributed by atoms with van der Waals surface area (Å²) in [5, 5.41) is 23.0. The molecule has 0 unspecified atom stereocenters. The number of fused-ring (bicyclic) bond motifs is 2. The number of aliphatic carboxylic acids is 2. The third kappa shape index (κ3) is 6.01. The largest absolute Gasteiger partial charge is 2.00 e. The summed E-state index contributed by atoms with van der Waals surface area (Å²) in [4.78, 5) is 27.2. The summed E-state index contributed by atoms with van der Waals surface area (Å²) in [6.07, 6.45) is 4.14. The molecule has 0 saturated heterocycles. The molecule has 2 aromatic carbocycles. The average Bonchev–Trinajstić information content (AvgIpc) is 3.33. The molecule has 9 heteroatoms. The molecule has 2 atom stereocenters. The molecule has 0 spiro atoms. The van der Waals surface area contributed by atoms with Crippen LogP contribution in [0.4, 0.5) is 0 Å². The SMILES string of the molecule is N[C@H](Cc1c[nH]c2ccccc12)C(=O)[O-].N[C@H](Cc1c[nH]c2ccccc12)C(=O)[O-].[Zn+2]. The van der Waals surface area contributed by atoms with E-state index in [-0.39, 0.29) is 32.3 Å². The van der Waals surface area contributed by atoms with Gasteiger partial charge in [0.1, 0.15) is 0 Å². The van der Waals surface area contributed by atoms with Crippen LogP contribution in [0.2, 0.25) is 0 Å². The summed E-state index contributed by atoms with van der Waals surface area (Å²) in [5.74, 6) is -2.44. The van der Waals surface area contributed by atoms with Crippen molar-refractivity contribution in [2.75, 3.05) is 0 Å². The van der Waals surface area contributed by atoms with Gasteiger partial charge in [0.05, 0.1) is 11.9 Å². The summed E-state index contributed by atoms with van der Waals surface area (Å²) >= 11 is 0. The maximum atomic E-state index is 10.5. The zero-order valence-corrected chi connectivity index (χ0v) is 19.8. The van der Waals surface area contributed by atoms with Crippen LogP contribution in [0.1, 0.15) is 11.1 Å². The summed E-state index contributed by atoms with van der Waals surface area (Å²) in [6.45, 7) is 0. The van der Waals surface area contributed by atoms with E-state index in [0.29, 0.717) is 0 Å². The first-order valence-electron chi connectivity index (χ1n) is 9.39. The van der Waals surface area contributed by atoms with Crippen LogP contribution in [0.3, 0.4) is 0 Å². The molecule has 0 amide bonds. The number of benzene rings is 2. The quantitative estimate of drug-likeness (QED) is 0.279. The number of carboxylic acid groups (broad SMARTS) is 2. The fraction of sp³-hybridized carbons (Fsp3) is 0.182. The Kier molecular flexibility index (Phi) is 8.50. The van der Waals surface area contributed by atoms with Crippen LogP contribution in [0.5, 0.6) is 0 Å². The van der Waals surface area contributed by atoms with E-state index in [2.05, 4.69) is 9.97 Å². The number of nitrogens with one attached hydrogen (secondary N) is 2. The van der Waals surface area contributed by atoms with Crippen molar-refractivity contribution in [1.29, 1.82) is 0 Å². The number of hydrogen-bond acceptors (Lipinski definition) is 6. The van der Waals surface area contributed by atoms with Gasteiger partial charge in [-0.05, 0) is 36.1 Å². The van der Waals surface area contributed by atoms with E-state index in [1.54, 1.807) is 12.4 Å². The van der Waals surface area contributed by atoms with Crippen molar-refractivity contribution in [3.8, 4) is 0 Å². The minimum Gasteiger partial charge on any atom is -0.548 e. The van der Waals surface area contributed by atoms with E-state index in [1.807, 2.05) is 48.5 Å². The molecule has 2 aromatic heterocycles. The zero-order chi connectivity index (χ0) is 21.7. The van der Waals surface area contributed by atoms with Gasteiger partial charge < -0.3 is 41.2 Å². The van der Waals surface area contributed by atoms with Crippen molar-refractivity contribution in [2.24, 2.45) is 11.5 Å². The van der Waals surface area contributed by atoms with Gasteiger partial charge in [-0.2, -0.15) is 0 Å². The molecule has 0 fully saturated rings. The van der Waals surface area contributed by atoms with E-state index in [1.165, 1.54) is 0 Å². The molecule has 4 aromatic rings. The number of rotatable bonds is 6. The Bertz CT molecular complexity index is 1080. The van der Waals surface area contributed by atoms with Gasteiger partial charge in [-0.3, -0.25) is 0 Å². The monoisotopic (exact) mass is 470 g/mol. The molecular weight excluding hydrogens is 450 g/mol. The van der Waals surface area contributed by atoms with Crippen molar-refractivity contribution in [3.63, 3.8) is 0 Å². The van der Waals surface area contributed by atoms with Crippen molar-refractivity contribution in [2.45, 2.75) is 24.9 Å². The van der Waals surface area contributed by atoms with Crippen LogP contribution in [0.15, 0.2) is 60.9 Å². The third-order valence-corrected chi connectivity index (χ3v) is 4.83. The van der Waals surface area contributed by atoms with E-state index < -0.39 is 24.0 Å². The second kappa shape index (κ2) is 10.9. The first-order chi connectivity index (χ1) is 14.4. The molecule has 0 aliphatic heterocycles. The molecule has 2 heterocycles. The smallest absolute Gasteiger partial charge is 0.548 e. The number of carbonyl (C=O) groups excluding carboxylic acids is 2. The minimum absolute atomic E-state index is 0. The third-order valence-electron chi connectivity index (χ3n) is 4.83. The van der Waals surface area contributed by atoms with Gasteiger partial charge in [-0.15, -0.1) is 0 Å². The number of H-pyrrole nitrogens is 2. The van der Waals surface area contributed by atoms with Gasteiger partial charge >= 0.3 is 19.5 Å². The normalized spacial score (nSPS) is 12.5. The fourth-order valence-corrected chi connectivity index (χ4v) is 3.24. The van der Waals surface area contributed by atoms with Crippen LogP contribution >= 0.6 is 0 Å². The van der Waals surface area contributed by atoms with E-state index in [9.17, 15) is 19.8 Å². The Morgan fingerprint density at radius 2 is 1.10 bits per heavy atom. The Morgan fingerprint density at radius 3 is 1.45 bits per heavy atom. The van der Waals surface area contributed by atoms with Crippen LogP contribution in [-0.4, -0.2) is 34.0 Å². The van der Waals surface area contributed by atoms with Crippen LogP contribution in [0.25, 0.3) is 21.8 Å². The van der Waals surface area contributed by atoms with Crippen molar-refractivity contribution in [1.82, 2.24) is 9.97 Å². The van der Waals surface area contributed by atoms with Gasteiger partial charge in [-0.1, -0.05) is 36.4 Å². The topological polar surface area (TPSA) is 164 Å². The summed E-state index contributed by atoms with van der Waals surface area (Å²) in [7, 11) is 0. The van der Waals surface area contributed by atoms with Gasteiger partial charge in [0.25, 0.3) is 0 Å². The maximum Gasteiger partial charge on any atom is 2.00 e. The van der Waals surface area contributed by atoms with Gasteiger partial charge in [0.2, 0.25) is 0 Å². The summed E-state index contributed by atoms with van der Waals surface area (Å²) in [6, 6.07) is 13.5. The van der Waals surface area contributed by atoms with E-state index in [4.69, 9.17) is 11.5 Å². The second-order valence-electron chi connectivity index (χ2n) is 6.98. The Labute approximate surface area is 191 Å². The molecule has 8 nitrogen and oxygen atoms in total. The molecule has 0 radical (unpaired) electrons. The Hall–Kier alpha value is -3.00. The van der Waals surface area contributed by atoms with Gasteiger partial charge in [0, 0.05) is 46.3 Å². The average molecular weight is 472 g/mol. The van der Waals surface area contributed by atoms with E-state index >= 15 is 0 Å². The molecule has 4 rings (SSSR count). The standard InChI is InChI=1S/2C11H12N2O2.Zn/c2*12-9(11(14)15)5-7-6-13-10-4-2-1-3-8(7)10;/h2*1-4,6,9,13H,5,12H2,(H,14,15);/q;;+2/p-2/t2*9-;/m11./s1. The second-order valence-corrected chi connectivity index (χ2v) is 6.98. The molecular formula is C22H22N4O4Zn. The number of carboxylic acids is 2. The Balaban J connectivity index is 0.000000213. The number of aromatic amines is 2. The number of para-hydroxylation sites is 2. The van der Waals surface area contributed by atoms with Gasteiger partial charge in [-0.25, -0.2) is 0 Å². The van der Waals surface area contributed by atoms with Gasteiger partial charge in [0.15, 0.2) is 0 Å². The molecule has 0 saturated carbocycles. The first-order valence-corrected chi connectivity index (χ1v) is 9.39. The number of aromatic nitrogens is 2. The van der Waals surface area contributed by atoms with Crippen LogP contribution in [-0.2, 0) is 41.9 Å². The molecule has 0 aliphatic carbocycles. The van der Waals surface area contributed by atoms with E-state index in [0.717, 1.165) is 32.9 Å². The predicted octanol–water partition coefficient (Wildman–Crippen LogP) is -0.427. The summed E-state index contributed by atoms with van der Waals surface area (Å²) < 4.78 is 0. The molecule has 6 N–H and O–H groups in total. The maximum absolute atomic E-state index is 10.5. The molecule has 0 bridgehead atoms. The number of nitrogens with two attached hydrogens (primary N) is 2. The Morgan fingerprint density at radius 1 is 0.742 bits per heavy atom. The number of carbonyl (C=O) groups is 2. The van der Waals surface area contributed by atoms with Crippen LogP contribution < -0.4 is 21.7 Å².